The topological polar surface area (TPSA) is 37.3 Å². The molecule has 0 spiro atoms. The maximum atomic E-state index is 12.4. The highest BCUT2D eigenvalue weighted by Gasteiger charge is 2.28. The lowest BCUT2D eigenvalue weighted by Gasteiger charge is -2.13. The second kappa shape index (κ2) is 4.18. The summed E-state index contributed by atoms with van der Waals surface area (Å²) in [6.45, 7) is 2.32. The van der Waals surface area contributed by atoms with E-state index in [9.17, 15) is 13.6 Å². The van der Waals surface area contributed by atoms with E-state index < -0.39 is 24.2 Å². The molecule has 0 saturated carbocycles. The number of hydrogen-bond donors (Lipinski definition) is 1. The van der Waals surface area contributed by atoms with Gasteiger partial charge in [0.1, 0.15) is 0 Å². The number of rotatable bonds is 4. The molecule has 0 aliphatic rings. The summed E-state index contributed by atoms with van der Waals surface area (Å²) in [4.78, 5) is 10.4. The molecule has 0 aromatic heterocycles. The van der Waals surface area contributed by atoms with E-state index in [4.69, 9.17) is 5.11 Å². The van der Waals surface area contributed by atoms with Gasteiger partial charge in [0.25, 0.3) is 0 Å². The van der Waals surface area contributed by atoms with Crippen molar-refractivity contribution in [2.45, 2.75) is 26.2 Å². The Morgan fingerprint density at radius 3 is 2.42 bits per heavy atom. The Balaban J connectivity index is 4.24. The highest BCUT2D eigenvalue weighted by Crippen LogP contribution is 2.23. The fourth-order valence-corrected chi connectivity index (χ4v) is 0.856. The molecule has 0 saturated heterocycles. The van der Waals surface area contributed by atoms with Gasteiger partial charge in [0, 0.05) is 6.42 Å². The molecule has 0 rings (SSSR count). The summed E-state index contributed by atoms with van der Waals surface area (Å²) in [7, 11) is 0. The Bertz CT molecular complexity index is 182. The molecular formula is C8H12F2O2. The number of carbonyl (C=O) groups is 1. The average Bonchev–Trinajstić information content (AvgIpc) is 1.83. The van der Waals surface area contributed by atoms with E-state index in [2.05, 4.69) is 0 Å². The van der Waals surface area contributed by atoms with Gasteiger partial charge in [0.15, 0.2) is 0 Å². The molecular weight excluding hydrogens is 166 g/mol. The van der Waals surface area contributed by atoms with Crippen LogP contribution in [0.4, 0.5) is 8.78 Å². The van der Waals surface area contributed by atoms with Crippen molar-refractivity contribution in [3.05, 3.63) is 12.2 Å². The lowest BCUT2D eigenvalue weighted by Crippen LogP contribution is -2.21. The quantitative estimate of drug-likeness (QED) is 0.670. The van der Waals surface area contributed by atoms with Crippen LogP contribution in [0.1, 0.15) is 20.3 Å². The number of allylic oxidation sites excluding steroid dienone is 1. The lowest BCUT2D eigenvalue weighted by atomic mass is 10.0. The third kappa shape index (κ3) is 4.82. The Kier molecular flexibility index (Phi) is 3.86. The van der Waals surface area contributed by atoms with Crippen LogP contribution in [0.2, 0.25) is 0 Å². The second-order valence-corrected chi connectivity index (χ2v) is 2.74. The minimum atomic E-state index is -2.93. The van der Waals surface area contributed by atoms with Crippen LogP contribution < -0.4 is 0 Å². The van der Waals surface area contributed by atoms with Gasteiger partial charge >= 0.3 is 5.97 Å². The highest BCUT2D eigenvalue weighted by atomic mass is 19.3. The van der Waals surface area contributed by atoms with E-state index in [0.717, 1.165) is 0 Å². The number of carboxylic acid groups (broad SMARTS) is 1. The zero-order valence-electron chi connectivity index (χ0n) is 7.05. The molecule has 0 heterocycles. The van der Waals surface area contributed by atoms with Gasteiger partial charge < -0.3 is 5.11 Å². The van der Waals surface area contributed by atoms with E-state index in [1.54, 1.807) is 6.92 Å². The summed E-state index contributed by atoms with van der Waals surface area (Å²) >= 11 is 0. The molecule has 1 atom stereocenters. The van der Waals surface area contributed by atoms with E-state index >= 15 is 0 Å². The Morgan fingerprint density at radius 2 is 2.17 bits per heavy atom. The summed E-state index contributed by atoms with van der Waals surface area (Å²) in [5, 5.41) is 8.48. The third-order valence-electron chi connectivity index (χ3n) is 1.32. The largest absolute Gasteiger partial charge is 0.481 e. The van der Waals surface area contributed by atoms with Crippen LogP contribution >= 0.6 is 0 Å². The second-order valence-electron chi connectivity index (χ2n) is 2.74. The number of aliphatic carboxylic acids is 1. The first-order valence-corrected chi connectivity index (χ1v) is 3.60. The minimum absolute atomic E-state index is 0.646. The number of carboxylic acids is 1. The molecule has 1 N–H and O–H groups in total. The molecule has 2 nitrogen and oxygen atoms in total. The number of alkyl halides is 2. The standard InChI is InChI=1S/C8H12F2O2/c1-3-4-6(7(11)12)5-8(2,9)10/h3-4,6H,5H2,1-2H3,(H,11,12)/b4-3-. The Morgan fingerprint density at radius 1 is 1.67 bits per heavy atom. The molecule has 0 amide bonds. The maximum absolute atomic E-state index is 12.4. The molecule has 1 unspecified atom stereocenters. The van der Waals surface area contributed by atoms with E-state index in [1.165, 1.54) is 12.2 Å². The van der Waals surface area contributed by atoms with Crippen molar-refractivity contribution >= 4 is 5.97 Å². The van der Waals surface area contributed by atoms with Gasteiger partial charge in [-0.25, -0.2) is 8.78 Å². The monoisotopic (exact) mass is 178 g/mol. The molecule has 0 aliphatic heterocycles. The summed E-state index contributed by atoms with van der Waals surface area (Å²) in [5.74, 6) is -5.23. The molecule has 0 bridgehead atoms. The fraction of sp³-hybridized carbons (Fsp3) is 0.625. The number of hydrogen-bond acceptors (Lipinski definition) is 1. The van der Waals surface area contributed by atoms with Gasteiger partial charge in [-0.05, 0) is 13.8 Å². The van der Waals surface area contributed by atoms with Crippen molar-refractivity contribution in [2.24, 2.45) is 5.92 Å². The molecule has 12 heavy (non-hydrogen) atoms. The molecule has 70 valence electrons. The van der Waals surface area contributed by atoms with Gasteiger partial charge in [-0.3, -0.25) is 4.79 Å². The molecule has 4 heteroatoms. The van der Waals surface area contributed by atoms with Crippen molar-refractivity contribution in [3.8, 4) is 0 Å². The van der Waals surface area contributed by atoms with Crippen molar-refractivity contribution < 1.29 is 18.7 Å². The molecule has 0 aromatic carbocycles. The van der Waals surface area contributed by atoms with Crippen LogP contribution in [0.5, 0.6) is 0 Å². The summed E-state index contributed by atoms with van der Waals surface area (Å²) in [6, 6.07) is 0. The Labute approximate surface area is 69.9 Å². The van der Waals surface area contributed by atoms with Gasteiger partial charge in [-0.15, -0.1) is 0 Å². The first-order chi connectivity index (χ1) is 5.37. The molecule has 0 fully saturated rings. The minimum Gasteiger partial charge on any atom is -0.481 e. The SMILES string of the molecule is C/C=C\C(CC(C)(F)F)C(=O)O. The van der Waals surface area contributed by atoms with Gasteiger partial charge in [0.2, 0.25) is 5.92 Å². The van der Waals surface area contributed by atoms with Crippen LogP contribution in [0, 0.1) is 5.92 Å². The third-order valence-corrected chi connectivity index (χ3v) is 1.32. The zero-order valence-corrected chi connectivity index (χ0v) is 7.05. The number of halogens is 2. The van der Waals surface area contributed by atoms with Crippen LogP contribution in [-0.2, 0) is 4.79 Å². The predicted molar refractivity (Wildman–Crippen MR) is 41.2 cm³/mol. The normalized spacial score (nSPS) is 15.0. The smallest absolute Gasteiger partial charge is 0.310 e. The highest BCUT2D eigenvalue weighted by molar-refractivity contribution is 5.72. The summed E-state index contributed by atoms with van der Waals surface area (Å²) in [6.07, 6.45) is 2.08. The summed E-state index contributed by atoms with van der Waals surface area (Å²) < 4.78 is 24.7. The van der Waals surface area contributed by atoms with Crippen LogP contribution in [0.25, 0.3) is 0 Å². The molecule has 0 aliphatic carbocycles. The van der Waals surface area contributed by atoms with E-state index in [-0.39, 0.29) is 0 Å². The first-order valence-electron chi connectivity index (χ1n) is 3.60. The van der Waals surface area contributed by atoms with Crippen molar-refractivity contribution in [1.29, 1.82) is 0 Å². The zero-order chi connectivity index (χ0) is 9.78. The van der Waals surface area contributed by atoms with E-state index in [0.29, 0.717) is 6.92 Å². The summed E-state index contributed by atoms with van der Waals surface area (Å²) in [5.41, 5.74) is 0. The van der Waals surface area contributed by atoms with Crippen molar-refractivity contribution in [2.75, 3.05) is 0 Å². The van der Waals surface area contributed by atoms with Gasteiger partial charge in [-0.1, -0.05) is 12.2 Å². The molecule has 0 radical (unpaired) electrons. The lowest BCUT2D eigenvalue weighted by molar-refractivity contribution is -0.142. The van der Waals surface area contributed by atoms with Crippen molar-refractivity contribution in [3.63, 3.8) is 0 Å². The molecule has 0 aromatic rings. The maximum Gasteiger partial charge on any atom is 0.310 e. The van der Waals surface area contributed by atoms with Crippen LogP contribution in [0.3, 0.4) is 0 Å². The van der Waals surface area contributed by atoms with Gasteiger partial charge in [-0.2, -0.15) is 0 Å². The fourth-order valence-electron chi connectivity index (χ4n) is 0.856. The van der Waals surface area contributed by atoms with Gasteiger partial charge in [0.05, 0.1) is 5.92 Å². The first kappa shape index (κ1) is 11.1. The average molecular weight is 178 g/mol. The Hall–Kier alpha value is -0.930. The van der Waals surface area contributed by atoms with Crippen molar-refractivity contribution in [1.82, 2.24) is 0 Å². The van der Waals surface area contributed by atoms with E-state index in [1.807, 2.05) is 0 Å². The van der Waals surface area contributed by atoms with Crippen LogP contribution in [-0.4, -0.2) is 17.0 Å². The van der Waals surface area contributed by atoms with Crippen LogP contribution in [0.15, 0.2) is 12.2 Å². The predicted octanol–water partition coefficient (Wildman–Crippen LogP) is 2.31.